The van der Waals surface area contributed by atoms with Gasteiger partial charge in [-0.15, -0.1) is 0 Å². The van der Waals surface area contributed by atoms with Gasteiger partial charge < -0.3 is 10.2 Å². The molecule has 0 heterocycles. The molecule has 0 fully saturated rings. The Morgan fingerprint density at radius 1 is 1.00 bits per heavy atom. The Kier molecular flexibility index (Phi) is 8.32. The summed E-state index contributed by atoms with van der Waals surface area (Å²) in [5, 5.41) is 3.02. The summed E-state index contributed by atoms with van der Waals surface area (Å²) in [5.74, 6) is 0.0363. The predicted molar refractivity (Wildman–Crippen MR) is 99.1 cm³/mol. The Morgan fingerprint density at radius 2 is 1.61 bits per heavy atom. The van der Waals surface area contributed by atoms with Crippen LogP contribution >= 0.6 is 0 Å². The van der Waals surface area contributed by atoms with Crippen LogP contribution in [-0.4, -0.2) is 37.0 Å². The molecule has 0 aliphatic rings. The molecule has 1 rings (SSSR count). The number of benzene rings is 1. The van der Waals surface area contributed by atoms with Gasteiger partial charge in [-0.05, 0) is 55.6 Å². The van der Waals surface area contributed by atoms with Crippen molar-refractivity contribution in [3.05, 3.63) is 35.4 Å². The van der Waals surface area contributed by atoms with Crippen LogP contribution in [0.2, 0.25) is 0 Å². The summed E-state index contributed by atoms with van der Waals surface area (Å²) in [5.41, 5.74) is 2.13. The van der Waals surface area contributed by atoms with E-state index in [9.17, 15) is 4.79 Å². The van der Waals surface area contributed by atoms with E-state index in [1.807, 2.05) is 12.1 Å². The van der Waals surface area contributed by atoms with Crippen LogP contribution in [0.3, 0.4) is 0 Å². The second-order valence-electron chi connectivity index (χ2n) is 7.17. The highest BCUT2D eigenvalue weighted by Crippen LogP contribution is 2.22. The number of hydrogen-bond acceptors (Lipinski definition) is 2. The zero-order valence-corrected chi connectivity index (χ0v) is 15.6. The third-order valence-corrected chi connectivity index (χ3v) is 4.34. The molecule has 3 heteroatoms. The maximum Gasteiger partial charge on any atom is 0.251 e. The van der Waals surface area contributed by atoms with Crippen molar-refractivity contribution in [3.8, 4) is 0 Å². The first-order valence-electron chi connectivity index (χ1n) is 8.99. The van der Waals surface area contributed by atoms with Gasteiger partial charge in [0.1, 0.15) is 0 Å². The van der Waals surface area contributed by atoms with Gasteiger partial charge in [0.2, 0.25) is 0 Å². The minimum Gasteiger partial charge on any atom is -0.352 e. The third kappa shape index (κ3) is 7.17. The fraction of sp³-hybridized carbons (Fsp3) is 0.650. The van der Waals surface area contributed by atoms with Crippen molar-refractivity contribution in [3.63, 3.8) is 0 Å². The lowest BCUT2D eigenvalue weighted by Gasteiger charge is -2.19. The molecule has 0 bridgehead atoms. The summed E-state index contributed by atoms with van der Waals surface area (Å²) < 4.78 is 0. The zero-order chi connectivity index (χ0) is 17.3. The van der Waals surface area contributed by atoms with Crippen LogP contribution in [0.15, 0.2) is 24.3 Å². The molecule has 1 amide bonds. The van der Waals surface area contributed by atoms with Crippen molar-refractivity contribution in [2.24, 2.45) is 0 Å². The number of unbranched alkanes of at least 4 members (excludes halogenated alkanes) is 2. The predicted octanol–water partition coefficient (Wildman–Crippen LogP) is 4.23. The fourth-order valence-electron chi connectivity index (χ4n) is 2.60. The van der Waals surface area contributed by atoms with Crippen LogP contribution in [0.4, 0.5) is 0 Å². The number of nitrogens with one attached hydrogen (secondary N) is 1. The highest BCUT2D eigenvalue weighted by atomic mass is 16.1. The standard InChI is InChI=1S/C20H34N2O/c1-6-22(7-2)16-10-8-9-15-21-19(23)17-11-13-18(14-12-17)20(3,4)5/h11-14H,6-10,15-16H2,1-5H3,(H,21,23). The molecule has 1 aromatic rings. The molecule has 0 aromatic heterocycles. The van der Waals surface area contributed by atoms with Crippen LogP contribution in [0.5, 0.6) is 0 Å². The van der Waals surface area contributed by atoms with Crippen LogP contribution in [-0.2, 0) is 5.41 Å². The quantitative estimate of drug-likeness (QED) is 0.691. The Morgan fingerprint density at radius 3 is 2.13 bits per heavy atom. The topological polar surface area (TPSA) is 32.3 Å². The molecule has 0 aliphatic heterocycles. The average Bonchev–Trinajstić information content (AvgIpc) is 2.53. The van der Waals surface area contributed by atoms with Gasteiger partial charge in [-0.2, -0.15) is 0 Å². The van der Waals surface area contributed by atoms with Crippen molar-refractivity contribution >= 4 is 5.91 Å². The van der Waals surface area contributed by atoms with Gasteiger partial charge in [0.15, 0.2) is 0 Å². The van der Waals surface area contributed by atoms with Gasteiger partial charge in [0, 0.05) is 12.1 Å². The molecular weight excluding hydrogens is 284 g/mol. The van der Waals surface area contributed by atoms with E-state index in [4.69, 9.17) is 0 Å². The van der Waals surface area contributed by atoms with Crippen molar-refractivity contribution in [2.75, 3.05) is 26.2 Å². The molecule has 130 valence electrons. The van der Waals surface area contributed by atoms with Crippen LogP contribution in [0.1, 0.15) is 69.8 Å². The SMILES string of the molecule is CCN(CC)CCCCCNC(=O)c1ccc(C(C)(C)C)cc1. The molecule has 0 atom stereocenters. The van der Waals surface area contributed by atoms with Gasteiger partial charge >= 0.3 is 0 Å². The Balaban J connectivity index is 2.26. The first kappa shape index (κ1) is 19.7. The van der Waals surface area contributed by atoms with Gasteiger partial charge in [-0.25, -0.2) is 0 Å². The molecule has 3 nitrogen and oxygen atoms in total. The van der Waals surface area contributed by atoms with E-state index in [-0.39, 0.29) is 11.3 Å². The van der Waals surface area contributed by atoms with Crippen molar-refractivity contribution in [1.29, 1.82) is 0 Å². The number of rotatable bonds is 9. The second-order valence-corrected chi connectivity index (χ2v) is 7.17. The van der Waals surface area contributed by atoms with Crippen molar-refractivity contribution in [2.45, 2.75) is 59.3 Å². The first-order valence-corrected chi connectivity index (χ1v) is 8.99. The number of nitrogens with zero attached hydrogens (tertiary/aromatic N) is 1. The van der Waals surface area contributed by atoms with Crippen molar-refractivity contribution < 1.29 is 4.79 Å². The monoisotopic (exact) mass is 318 g/mol. The maximum atomic E-state index is 12.1. The van der Waals surface area contributed by atoms with Crippen LogP contribution in [0.25, 0.3) is 0 Å². The molecule has 23 heavy (non-hydrogen) atoms. The van der Waals surface area contributed by atoms with Crippen LogP contribution in [0, 0.1) is 0 Å². The lowest BCUT2D eigenvalue weighted by Crippen LogP contribution is -2.26. The molecule has 0 aliphatic carbocycles. The van der Waals surface area contributed by atoms with E-state index in [1.165, 1.54) is 18.4 Å². The first-order chi connectivity index (χ1) is 10.9. The zero-order valence-electron chi connectivity index (χ0n) is 15.6. The minimum absolute atomic E-state index is 0.0363. The minimum atomic E-state index is 0.0363. The molecule has 0 saturated carbocycles. The van der Waals surface area contributed by atoms with Gasteiger partial charge in [-0.3, -0.25) is 4.79 Å². The average molecular weight is 319 g/mol. The summed E-state index contributed by atoms with van der Waals surface area (Å²) in [6, 6.07) is 7.96. The largest absolute Gasteiger partial charge is 0.352 e. The third-order valence-electron chi connectivity index (χ3n) is 4.34. The Labute approximate surface area is 142 Å². The molecule has 0 radical (unpaired) electrons. The highest BCUT2D eigenvalue weighted by molar-refractivity contribution is 5.94. The normalized spacial score (nSPS) is 11.7. The molecule has 1 aromatic carbocycles. The molecule has 0 unspecified atom stereocenters. The van der Waals surface area contributed by atoms with E-state index in [0.29, 0.717) is 0 Å². The van der Waals surface area contributed by atoms with E-state index < -0.39 is 0 Å². The number of carbonyl (C=O) groups excluding carboxylic acids is 1. The Hall–Kier alpha value is -1.35. The number of amides is 1. The molecule has 0 spiro atoms. The molecule has 1 N–H and O–H groups in total. The molecular formula is C20H34N2O. The highest BCUT2D eigenvalue weighted by Gasteiger charge is 2.14. The number of hydrogen-bond donors (Lipinski definition) is 1. The Bertz CT molecular complexity index is 456. The lowest BCUT2D eigenvalue weighted by atomic mass is 9.87. The van der Waals surface area contributed by atoms with E-state index >= 15 is 0 Å². The lowest BCUT2D eigenvalue weighted by molar-refractivity contribution is 0.0953. The van der Waals surface area contributed by atoms with Gasteiger partial charge in [-0.1, -0.05) is 53.2 Å². The summed E-state index contributed by atoms with van der Waals surface area (Å²) >= 11 is 0. The van der Waals surface area contributed by atoms with Gasteiger partial charge in [0.05, 0.1) is 0 Å². The molecule has 0 saturated heterocycles. The number of carbonyl (C=O) groups is 1. The van der Waals surface area contributed by atoms with E-state index in [2.05, 4.69) is 57.0 Å². The second kappa shape index (κ2) is 9.71. The van der Waals surface area contributed by atoms with E-state index in [1.54, 1.807) is 0 Å². The summed E-state index contributed by atoms with van der Waals surface area (Å²) in [6.45, 7) is 15.1. The summed E-state index contributed by atoms with van der Waals surface area (Å²) in [4.78, 5) is 14.6. The summed E-state index contributed by atoms with van der Waals surface area (Å²) in [6.07, 6.45) is 3.42. The van der Waals surface area contributed by atoms with Crippen LogP contribution < -0.4 is 5.32 Å². The maximum absolute atomic E-state index is 12.1. The van der Waals surface area contributed by atoms with Crippen molar-refractivity contribution in [1.82, 2.24) is 10.2 Å². The smallest absolute Gasteiger partial charge is 0.251 e. The fourth-order valence-corrected chi connectivity index (χ4v) is 2.60. The van der Waals surface area contributed by atoms with Gasteiger partial charge in [0.25, 0.3) is 5.91 Å². The summed E-state index contributed by atoms with van der Waals surface area (Å²) in [7, 11) is 0. The van der Waals surface area contributed by atoms with E-state index in [0.717, 1.165) is 38.2 Å².